The van der Waals surface area contributed by atoms with Crippen molar-refractivity contribution in [3.63, 3.8) is 0 Å². The third-order valence-corrected chi connectivity index (χ3v) is 8.65. The highest BCUT2D eigenvalue weighted by Crippen LogP contribution is 2.45. The fourth-order valence-corrected chi connectivity index (χ4v) is 6.28. The van der Waals surface area contributed by atoms with Gasteiger partial charge in [-0.15, -0.1) is 0 Å². The van der Waals surface area contributed by atoms with Crippen LogP contribution in [0.15, 0.2) is 54.6 Å². The van der Waals surface area contributed by atoms with Crippen LogP contribution < -0.4 is 20.7 Å². The molecule has 3 unspecified atom stereocenters. The van der Waals surface area contributed by atoms with Crippen molar-refractivity contribution < 1.29 is 37.0 Å². The molecule has 47 heavy (non-hydrogen) atoms. The molecule has 246 valence electrons. The van der Waals surface area contributed by atoms with Crippen molar-refractivity contribution in [2.24, 2.45) is 5.92 Å². The summed E-state index contributed by atoms with van der Waals surface area (Å²) in [7, 11) is 2.97. The molecule has 0 radical (unpaired) electrons. The summed E-state index contributed by atoms with van der Waals surface area (Å²) in [6, 6.07) is 12.8. The SMILES string of the molecule is CNc1ccc2c(c1)OC(c1cc(F)c(F)c(F)c1)n1c-2cc2cc(NC(=O)C3CCCN3C(=O)C(NC(=O)OC)C(C)C)ccc21. The van der Waals surface area contributed by atoms with Gasteiger partial charge in [0.2, 0.25) is 18.0 Å². The van der Waals surface area contributed by atoms with Gasteiger partial charge in [-0.1, -0.05) is 13.8 Å². The van der Waals surface area contributed by atoms with E-state index in [1.165, 1.54) is 12.0 Å². The van der Waals surface area contributed by atoms with E-state index in [4.69, 9.17) is 4.74 Å². The minimum atomic E-state index is -1.57. The molecule has 0 bridgehead atoms. The van der Waals surface area contributed by atoms with Gasteiger partial charge in [0.1, 0.15) is 17.8 Å². The summed E-state index contributed by atoms with van der Waals surface area (Å²) in [5.41, 5.74) is 3.36. The van der Waals surface area contributed by atoms with Crippen LogP contribution in [0.4, 0.5) is 29.3 Å². The van der Waals surface area contributed by atoms with Crippen LogP contribution >= 0.6 is 0 Å². The van der Waals surface area contributed by atoms with Gasteiger partial charge in [0, 0.05) is 47.5 Å². The highest BCUT2D eigenvalue weighted by atomic mass is 19.2. The van der Waals surface area contributed by atoms with E-state index in [9.17, 15) is 27.6 Å². The highest BCUT2D eigenvalue weighted by Gasteiger charge is 2.39. The second-order valence-electron chi connectivity index (χ2n) is 11.9. The van der Waals surface area contributed by atoms with Crippen molar-refractivity contribution in [3.05, 3.63) is 77.6 Å². The number of fused-ring (bicyclic) bond motifs is 5. The predicted octanol–water partition coefficient (Wildman–Crippen LogP) is 6.02. The average molecular weight is 650 g/mol. The minimum Gasteiger partial charge on any atom is -0.465 e. The molecule has 2 aliphatic heterocycles. The van der Waals surface area contributed by atoms with Crippen molar-refractivity contribution >= 4 is 40.2 Å². The van der Waals surface area contributed by atoms with Gasteiger partial charge in [-0.05, 0) is 67.3 Å². The Morgan fingerprint density at radius 2 is 1.70 bits per heavy atom. The van der Waals surface area contributed by atoms with E-state index in [1.54, 1.807) is 49.7 Å². The number of nitrogens with zero attached hydrogens (tertiary/aromatic N) is 2. The predicted molar refractivity (Wildman–Crippen MR) is 170 cm³/mol. The molecule has 13 heteroatoms. The summed E-state index contributed by atoms with van der Waals surface area (Å²) < 4.78 is 55.4. The molecular formula is C34H34F3N5O5. The number of likely N-dealkylation sites (tertiary alicyclic amines) is 1. The monoisotopic (exact) mass is 649 g/mol. The van der Waals surface area contributed by atoms with Crippen molar-refractivity contribution in [1.82, 2.24) is 14.8 Å². The second kappa shape index (κ2) is 12.5. The van der Waals surface area contributed by atoms with Crippen LogP contribution in [-0.4, -0.2) is 60.2 Å². The topological polar surface area (TPSA) is 114 Å². The molecular weight excluding hydrogens is 615 g/mol. The maximum atomic E-state index is 14.4. The van der Waals surface area contributed by atoms with Gasteiger partial charge in [0.05, 0.1) is 18.3 Å². The molecule has 2 aliphatic rings. The van der Waals surface area contributed by atoms with E-state index in [2.05, 4.69) is 20.7 Å². The number of methoxy groups -OCH3 is 1. The van der Waals surface area contributed by atoms with E-state index < -0.39 is 41.9 Å². The number of benzene rings is 3. The van der Waals surface area contributed by atoms with Crippen molar-refractivity contribution in [3.8, 4) is 17.0 Å². The first-order chi connectivity index (χ1) is 22.5. The molecule has 0 saturated carbocycles. The molecule has 3 N–H and O–H groups in total. The number of nitrogens with one attached hydrogen (secondary N) is 3. The Bertz CT molecular complexity index is 1870. The smallest absolute Gasteiger partial charge is 0.407 e. The summed E-state index contributed by atoms with van der Waals surface area (Å²) >= 11 is 0. The van der Waals surface area contributed by atoms with Crippen molar-refractivity contribution in [2.75, 3.05) is 31.3 Å². The molecule has 1 aromatic heterocycles. The van der Waals surface area contributed by atoms with Crippen molar-refractivity contribution in [1.29, 1.82) is 0 Å². The standard InChI is InChI=1S/C34H34F3N5O5/c1-17(2)30(40-34(45)46-4)32(44)41-11-5-6-26(41)31(43)39-21-8-10-25-18(12-21)15-27-22-9-7-20(38-3)16-28(22)47-33(42(25)27)19-13-23(35)29(37)24(36)14-19/h7-10,12-17,26,30,33,38H,5-6,11H2,1-4H3,(H,39,43)(H,40,45). The lowest BCUT2D eigenvalue weighted by Crippen LogP contribution is -2.54. The molecule has 1 saturated heterocycles. The van der Waals surface area contributed by atoms with Gasteiger partial charge in [-0.3, -0.25) is 9.59 Å². The average Bonchev–Trinajstić information content (AvgIpc) is 3.70. The lowest BCUT2D eigenvalue weighted by atomic mass is 10.0. The molecule has 3 atom stereocenters. The van der Waals surface area contributed by atoms with E-state index >= 15 is 0 Å². The number of halogens is 3. The van der Waals surface area contributed by atoms with E-state index in [1.807, 2.05) is 18.2 Å². The van der Waals surface area contributed by atoms with Crippen LogP contribution in [0, 0.1) is 23.4 Å². The number of hydrogen-bond donors (Lipinski definition) is 3. The van der Waals surface area contributed by atoms with Gasteiger partial charge >= 0.3 is 6.09 Å². The van der Waals surface area contributed by atoms with Gasteiger partial charge in [-0.2, -0.15) is 0 Å². The minimum absolute atomic E-state index is 0.0745. The Morgan fingerprint density at radius 1 is 0.979 bits per heavy atom. The Balaban J connectivity index is 1.33. The first-order valence-corrected chi connectivity index (χ1v) is 15.2. The first-order valence-electron chi connectivity index (χ1n) is 15.2. The molecule has 6 rings (SSSR count). The Kier molecular flexibility index (Phi) is 8.47. The number of carbonyl (C=O) groups is 3. The quantitative estimate of drug-likeness (QED) is 0.211. The fraction of sp³-hybridized carbons (Fsp3) is 0.324. The number of amides is 3. The Labute approximate surface area is 268 Å². The largest absolute Gasteiger partial charge is 0.465 e. The van der Waals surface area contributed by atoms with E-state index in [-0.39, 0.29) is 23.3 Å². The maximum absolute atomic E-state index is 14.4. The third kappa shape index (κ3) is 5.81. The second-order valence-corrected chi connectivity index (χ2v) is 11.9. The van der Waals surface area contributed by atoms with Gasteiger partial charge in [0.15, 0.2) is 17.5 Å². The zero-order valence-corrected chi connectivity index (χ0v) is 26.2. The number of aromatic nitrogens is 1. The molecule has 4 aromatic rings. The van der Waals surface area contributed by atoms with Crippen LogP contribution in [0.1, 0.15) is 38.5 Å². The summed E-state index contributed by atoms with van der Waals surface area (Å²) in [6.07, 6.45) is -0.678. The summed E-state index contributed by atoms with van der Waals surface area (Å²) in [5, 5.41) is 9.24. The zero-order valence-electron chi connectivity index (χ0n) is 26.2. The lowest BCUT2D eigenvalue weighted by molar-refractivity contribution is -0.139. The normalized spacial score (nSPS) is 17.5. The molecule has 0 spiro atoms. The summed E-state index contributed by atoms with van der Waals surface area (Å²) in [4.78, 5) is 40.3. The molecule has 3 amide bonds. The van der Waals surface area contributed by atoms with Gasteiger partial charge < -0.3 is 34.9 Å². The number of anilines is 2. The van der Waals surface area contributed by atoms with Crippen molar-refractivity contribution in [2.45, 2.75) is 45.0 Å². The third-order valence-electron chi connectivity index (χ3n) is 8.65. The van der Waals surface area contributed by atoms with Crippen LogP contribution in [0.5, 0.6) is 5.75 Å². The number of hydrogen-bond acceptors (Lipinski definition) is 6. The number of carbonyl (C=O) groups excluding carboxylic acids is 3. The molecule has 3 aromatic carbocycles. The fourth-order valence-electron chi connectivity index (χ4n) is 6.28. The zero-order chi connectivity index (χ0) is 33.6. The summed E-state index contributed by atoms with van der Waals surface area (Å²) in [6.45, 7) is 3.97. The molecule has 1 fully saturated rings. The Morgan fingerprint density at radius 3 is 2.38 bits per heavy atom. The van der Waals surface area contributed by atoms with E-state index in [0.717, 1.165) is 23.4 Å². The number of rotatable bonds is 7. The van der Waals surface area contributed by atoms with E-state index in [0.29, 0.717) is 47.4 Å². The van der Waals surface area contributed by atoms with Gasteiger partial charge in [-0.25, -0.2) is 18.0 Å². The number of alkyl carbamates (subject to hydrolysis) is 1. The van der Waals surface area contributed by atoms with Crippen LogP contribution in [0.25, 0.3) is 22.2 Å². The highest BCUT2D eigenvalue weighted by molar-refractivity contribution is 6.00. The molecule has 10 nitrogen and oxygen atoms in total. The lowest BCUT2D eigenvalue weighted by Gasteiger charge is -2.31. The van der Waals surface area contributed by atoms with Crippen LogP contribution in [-0.2, 0) is 14.3 Å². The van der Waals surface area contributed by atoms with Crippen LogP contribution in [0.2, 0.25) is 0 Å². The van der Waals surface area contributed by atoms with Crippen LogP contribution in [0.3, 0.4) is 0 Å². The Hall–Kier alpha value is -5.20. The first kappa shape index (κ1) is 31.8. The maximum Gasteiger partial charge on any atom is 0.407 e. The molecule has 3 heterocycles. The number of ether oxygens (including phenoxy) is 2. The summed E-state index contributed by atoms with van der Waals surface area (Å²) in [5.74, 6) is -4.74. The molecule has 0 aliphatic carbocycles. The van der Waals surface area contributed by atoms with Gasteiger partial charge in [0.25, 0.3) is 0 Å².